The molecule has 0 radical (unpaired) electrons. The first kappa shape index (κ1) is 17.0. The lowest BCUT2D eigenvalue weighted by atomic mass is 9.77. The summed E-state index contributed by atoms with van der Waals surface area (Å²) in [5.74, 6) is 2.30. The predicted molar refractivity (Wildman–Crippen MR) is 87.4 cm³/mol. The van der Waals surface area contributed by atoms with Crippen LogP contribution in [0.25, 0.3) is 0 Å². The van der Waals surface area contributed by atoms with E-state index < -0.39 is 0 Å². The molecule has 0 aliphatic rings. The van der Waals surface area contributed by atoms with Crippen molar-refractivity contribution in [3.63, 3.8) is 0 Å². The Morgan fingerprint density at radius 3 is 2.30 bits per heavy atom. The molecule has 0 aliphatic heterocycles. The minimum Gasteiger partial charge on any atom is -0.496 e. The highest BCUT2D eigenvalue weighted by Crippen LogP contribution is 2.31. The van der Waals surface area contributed by atoms with Crippen molar-refractivity contribution in [2.75, 3.05) is 20.2 Å². The second kappa shape index (κ2) is 7.68. The van der Waals surface area contributed by atoms with Gasteiger partial charge in [0.1, 0.15) is 5.75 Å². The van der Waals surface area contributed by atoms with Gasteiger partial charge < -0.3 is 10.1 Å². The number of methoxy groups -OCH3 is 1. The van der Waals surface area contributed by atoms with E-state index in [1.165, 1.54) is 5.56 Å². The minimum atomic E-state index is 0.283. The van der Waals surface area contributed by atoms with Gasteiger partial charge in [-0.25, -0.2) is 0 Å². The Hall–Kier alpha value is -1.02. The Labute approximate surface area is 124 Å². The minimum absolute atomic E-state index is 0.283. The van der Waals surface area contributed by atoms with E-state index in [2.05, 4.69) is 58.1 Å². The summed E-state index contributed by atoms with van der Waals surface area (Å²) in [7, 11) is 1.75. The fraction of sp³-hybridized carbons (Fsp3) is 0.667. The number of rotatable bonds is 7. The van der Waals surface area contributed by atoms with Crippen molar-refractivity contribution in [2.24, 2.45) is 17.3 Å². The molecular weight excluding hydrogens is 246 g/mol. The summed E-state index contributed by atoms with van der Waals surface area (Å²) < 4.78 is 5.48. The second-order valence-electron chi connectivity index (χ2n) is 7.13. The second-order valence-corrected chi connectivity index (χ2v) is 7.13. The normalized spacial score (nSPS) is 13.6. The van der Waals surface area contributed by atoms with Crippen molar-refractivity contribution in [3.05, 3.63) is 29.8 Å². The van der Waals surface area contributed by atoms with Crippen LogP contribution < -0.4 is 10.1 Å². The largest absolute Gasteiger partial charge is 0.496 e. The number of para-hydroxylation sites is 1. The fourth-order valence-electron chi connectivity index (χ4n) is 2.37. The number of ether oxygens (including phenoxy) is 1. The van der Waals surface area contributed by atoms with Crippen LogP contribution in [-0.2, 0) is 6.42 Å². The third-order valence-electron chi connectivity index (χ3n) is 3.83. The predicted octanol–water partition coefficient (Wildman–Crippen LogP) is 4.15. The van der Waals surface area contributed by atoms with E-state index in [0.29, 0.717) is 11.8 Å². The van der Waals surface area contributed by atoms with E-state index in [0.717, 1.165) is 25.3 Å². The van der Waals surface area contributed by atoms with Crippen LogP contribution in [-0.4, -0.2) is 20.2 Å². The van der Waals surface area contributed by atoms with Gasteiger partial charge in [0.15, 0.2) is 0 Å². The molecule has 0 heterocycles. The number of hydrogen-bond acceptors (Lipinski definition) is 2. The Morgan fingerprint density at radius 2 is 1.75 bits per heavy atom. The first-order valence-corrected chi connectivity index (χ1v) is 7.67. The van der Waals surface area contributed by atoms with E-state index in [1.54, 1.807) is 7.11 Å². The van der Waals surface area contributed by atoms with Gasteiger partial charge in [-0.05, 0) is 48.4 Å². The molecule has 0 aromatic heterocycles. The monoisotopic (exact) mass is 277 g/mol. The summed E-state index contributed by atoms with van der Waals surface area (Å²) >= 11 is 0. The van der Waals surface area contributed by atoms with E-state index in [1.807, 2.05) is 6.07 Å². The van der Waals surface area contributed by atoms with E-state index >= 15 is 0 Å². The zero-order valence-electron chi connectivity index (χ0n) is 14.0. The van der Waals surface area contributed by atoms with Crippen LogP contribution in [0.1, 0.15) is 40.2 Å². The molecule has 20 heavy (non-hydrogen) atoms. The molecule has 2 nitrogen and oxygen atoms in total. The summed E-state index contributed by atoms with van der Waals surface area (Å²) in [6.07, 6.45) is 1.05. The molecule has 0 saturated heterocycles. The Balaban J connectivity index is 2.74. The van der Waals surface area contributed by atoms with Gasteiger partial charge in [-0.15, -0.1) is 0 Å². The topological polar surface area (TPSA) is 21.3 Å². The lowest BCUT2D eigenvalue weighted by Gasteiger charge is -2.32. The van der Waals surface area contributed by atoms with Crippen LogP contribution in [0.3, 0.4) is 0 Å². The van der Waals surface area contributed by atoms with Gasteiger partial charge >= 0.3 is 0 Å². The van der Waals surface area contributed by atoms with Crippen LogP contribution in [0.5, 0.6) is 5.75 Å². The van der Waals surface area contributed by atoms with Gasteiger partial charge in [-0.1, -0.05) is 52.8 Å². The Morgan fingerprint density at radius 1 is 1.10 bits per heavy atom. The van der Waals surface area contributed by atoms with Gasteiger partial charge in [-0.2, -0.15) is 0 Å². The highest BCUT2D eigenvalue weighted by molar-refractivity contribution is 5.33. The lowest BCUT2D eigenvalue weighted by Crippen LogP contribution is -2.35. The van der Waals surface area contributed by atoms with Crippen LogP contribution >= 0.6 is 0 Å². The van der Waals surface area contributed by atoms with E-state index in [4.69, 9.17) is 4.74 Å². The van der Waals surface area contributed by atoms with E-state index in [-0.39, 0.29) is 5.41 Å². The maximum Gasteiger partial charge on any atom is 0.122 e. The molecule has 1 aromatic carbocycles. The molecule has 114 valence electrons. The fourth-order valence-corrected chi connectivity index (χ4v) is 2.37. The van der Waals surface area contributed by atoms with Gasteiger partial charge in [-0.3, -0.25) is 0 Å². The molecule has 0 aliphatic carbocycles. The average Bonchev–Trinajstić information content (AvgIpc) is 2.36. The van der Waals surface area contributed by atoms with E-state index in [9.17, 15) is 0 Å². The lowest BCUT2D eigenvalue weighted by molar-refractivity contribution is 0.227. The first-order chi connectivity index (χ1) is 9.34. The molecule has 1 atom stereocenters. The molecule has 1 rings (SSSR count). The van der Waals surface area contributed by atoms with Crippen molar-refractivity contribution in [1.29, 1.82) is 0 Å². The van der Waals surface area contributed by atoms with Gasteiger partial charge in [0.05, 0.1) is 7.11 Å². The maximum absolute atomic E-state index is 5.48. The van der Waals surface area contributed by atoms with Crippen molar-refractivity contribution < 1.29 is 4.74 Å². The third-order valence-corrected chi connectivity index (χ3v) is 3.83. The summed E-state index contributed by atoms with van der Waals surface area (Å²) in [5, 5.41) is 3.61. The van der Waals surface area contributed by atoms with Gasteiger partial charge in [0, 0.05) is 0 Å². The zero-order valence-corrected chi connectivity index (χ0v) is 14.0. The molecule has 0 amide bonds. The summed E-state index contributed by atoms with van der Waals surface area (Å²) in [4.78, 5) is 0. The number of nitrogens with one attached hydrogen (secondary N) is 1. The molecule has 0 fully saturated rings. The van der Waals surface area contributed by atoms with Crippen molar-refractivity contribution >= 4 is 0 Å². The molecule has 0 bridgehead atoms. The maximum atomic E-state index is 5.48. The summed E-state index contributed by atoms with van der Waals surface area (Å²) in [6, 6.07) is 8.36. The summed E-state index contributed by atoms with van der Waals surface area (Å²) in [5.41, 5.74) is 1.59. The zero-order chi connectivity index (χ0) is 15.2. The van der Waals surface area contributed by atoms with Crippen molar-refractivity contribution in [1.82, 2.24) is 5.32 Å². The number of hydrogen-bond donors (Lipinski definition) is 1. The Kier molecular flexibility index (Phi) is 6.54. The van der Waals surface area contributed by atoms with Gasteiger partial charge in [0.2, 0.25) is 0 Å². The SMILES string of the molecule is COc1ccccc1CC(CNCC(C)C)C(C)(C)C. The van der Waals surface area contributed by atoms with Crippen molar-refractivity contribution in [2.45, 2.75) is 41.0 Å². The standard InChI is InChI=1S/C18H31NO/c1-14(2)12-19-13-16(18(3,4)5)11-15-9-7-8-10-17(15)20-6/h7-10,14,16,19H,11-13H2,1-6H3. The highest BCUT2D eigenvalue weighted by Gasteiger charge is 2.25. The van der Waals surface area contributed by atoms with Gasteiger partial charge in [0.25, 0.3) is 0 Å². The average molecular weight is 277 g/mol. The smallest absolute Gasteiger partial charge is 0.122 e. The Bertz CT molecular complexity index is 393. The van der Waals surface area contributed by atoms with Crippen LogP contribution in [0.4, 0.5) is 0 Å². The first-order valence-electron chi connectivity index (χ1n) is 7.67. The molecule has 1 aromatic rings. The van der Waals surface area contributed by atoms with Crippen molar-refractivity contribution in [3.8, 4) is 5.75 Å². The molecule has 0 spiro atoms. The van der Waals surface area contributed by atoms with Crippen LogP contribution in [0.2, 0.25) is 0 Å². The molecule has 0 saturated carbocycles. The molecular formula is C18H31NO. The number of benzene rings is 1. The summed E-state index contributed by atoms with van der Waals surface area (Å²) in [6.45, 7) is 13.6. The molecule has 1 unspecified atom stereocenters. The third kappa shape index (κ3) is 5.54. The van der Waals surface area contributed by atoms with Crippen LogP contribution in [0.15, 0.2) is 24.3 Å². The quantitative estimate of drug-likeness (QED) is 0.808. The molecule has 1 N–H and O–H groups in total. The molecule has 2 heteroatoms. The highest BCUT2D eigenvalue weighted by atomic mass is 16.5. The van der Waals surface area contributed by atoms with Crippen LogP contribution in [0, 0.1) is 17.3 Å².